The van der Waals surface area contributed by atoms with Crippen molar-refractivity contribution in [1.29, 1.82) is 0 Å². The zero-order chi connectivity index (χ0) is 12.6. The second-order valence-electron chi connectivity index (χ2n) is 3.64. The molecule has 0 aliphatic carbocycles. The molecule has 16 heavy (non-hydrogen) atoms. The highest BCUT2D eigenvalue weighted by molar-refractivity contribution is 5.69. The zero-order valence-electron chi connectivity index (χ0n) is 9.26. The van der Waals surface area contributed by atoms with E-state index in [0.29, 0.717) is 12.8 Å². The molecular weight excluding hydrogens is 216 g/mol. The number of carbonyl (C=O) groups is 2. The molecule has 0 saturated carbocycles. The van der Waals surface area contributed by atoms with Crippen molar-refractivity contribution in [2.75, 3.05) is 6.61 Å². The van der Waals surface area contributed by atoms with Crippen LogP contribution in [0.1, 0.15) is 32.6 Å². The lowest BCUT2D eigenvalue weighted by atomic mass is 10.2. The van der Waals surface area contributed by atoms with E-state index < -0.39 is 24.1 Å². The molecule has 3 N–H and O–H groups in total. The molecule has 0 saturated heterocycles. The van der Waals surface area contributed by atoms with Crippen LogP contribution in [0, 0.1) is 5.92 Å². The van der Waals surface area contributed by atoms with Gasteiger partial charge in [-0.05, 0) is 12.8 Å². The highest BCUT2D eigenvalue weighted by Gasteiger charge is 2.17. The number of aliphatic hydroxyl groups is 2. The minimum Gasteiger partial charge on any atom is -0.481 e. The van der Waals surface area contributed by atoms with Gasteiger partial charge in [-0.25, -0.2) is 0 Å². The fourth-order valence-electron chi connectivity index (χ4n) is 0.945. The average molecular weight is 234 g/mol. The molecule has 94 valence electrons. The second-order valence-corrected chi connectivity index (χ2v) is 3.64. The van der Waals surface area contributed by atoms with Gasteiger partial charge in [0.05, 0.1) is 6.61 Å². The van der Waals surface area contributed by atoms with Gasteiger partial charge in [-0.3, -0.25) is 9.59 Å². The number of ether oxygens (including phenoxy) is 1. The van der Waals surface area contributed by atoms with Crippen LogP contribution in [0.4, 0.5) is 0 Å². The van der Waals surface area contributed by atoms with Crippen LogP contribution in [0.25, 0.3) is 0 Å². The number of carboxylic acids is 1. The van der Waals surface area contributed by atoms with E-state index in [4.69, 9.17) is 10.2 Å². The quantitative estimate of drug-likeness (QED) is 0.313. The van der Waals surface area contributed by atoms with Gasteiger partial charge in [0.2, 0.25) is 6.29 Å². The molecule has 0 rings (SSSR count). The summed E-state index contributed by atoms with van der Waals surface area (Å²) in [4.78, 5) is 21.3. The number of unbranched alkanes of at least 4 members (excludes halogenated alkanes) is 1. The molecular formula is C10H18O6. The third-order valence-corrected chi connectivity index (χ3v) is 2.05. The molecule has 2 unspecified atom stereocenters. The van der Waals surface area contributed by atoms with E-state index in [0.717, 1.165) is 0 Å². The molecule has 0 aromatic rings. The van der Waals surface area contributed by atoms with Crippen molar-refractivity contribution >= 4 is 11.9 Å². The van der Waals surface area contributed by atoms with Crippen LogP contribution in [-0.4, -0.2) is 40.2 Å². The lowest BCUT2D eigenvalue weighted by Crippen LogP contribution is -2.26. The number of aliphatic carboxylic acids is 1. The second kappa shape index (κ2) is 8.06. The lowest BCUT2D eigenvalue weighted by molar-refractivity contribution is -0.178. The van der Waals surface area contributed by atoms with Gasteiger partial charge in [0.15, 0.2) is 0 Å². The van der Waals surface area contributed by atoms with Gasteiger partial charge in [0.25, 0.3) is 0 Å². The first-order chi connectivity index (χ1) is 7.47. The van der Waals surface area contributed by atoms with Gasteiger partial charge >= 0.3 is 11.9 Å². The van der Waals surface area contributed by atoms with E-state index in [2.05, 4.69) is 4.74 Å². The number of carbonyl (C=O) groups excluding carboxylic acids is 1. The maximum Gasteiger partial charge on any atom is 0.308 e. The van der Waals surface area contributed by atoms with Crippen molar-refractivity contribution < 1.29 is 29.6 Å². The third kappa shape index (κ3) is 7.19. The summed E-state index contributed by atoms with van der Waals surface area (Å²) >= 11 is 0. The summed E-state index contributed by atoms with van der Waals surface area (Å²) in [6, 6.07) is 0. The van der Waals surface area contributed by atoms with E-state index >= 15 is 0 Å². The molecule has 6 heteroatoms. The van der Waals surface area contributed by atoms with Crippen LogP contribution in [0.15, 0.2) is 0 Å². The first-order valence-electron chi connectivity index (χ1n) is 5.17. The van der Waals surface area contributed by atoms with Crippen molar-refractivity contribution in [1.82, 2.24) is 0 Å². The summed E-state index contributed by atoms with van der Waals surface area (Å²) in [6.07, 6.45) is -0.413. The molecule has 0 aliphatic rings. The van der Waals surface area contributed by atoms with Crippen molar-refractivity contribution in [3.05, 3.63) is 0 Å². The van der Waals surface area contributed by atoms with Crippen molar-refractivity contribution in [3.63, 3.8) is 0 Å². The molecule has 0 spiro atoms. The van der Waals surface area contributed by atoms with Crippen LogP contribution in [0.3, 0.4) is 0 Å². The monoisotopic (exact) mass is 234 g/mol. The molecule has 0 bridgehead atoms. The highest BCUT2D eigenvalue weighted by atomic mass is 16.6. The number of hydrogen-bond acceptors (Lipinski definition) is 5. The lowest BCUT2D eigenvalue weighted by Gasteiger charge is -2.16. The summed E-state index contributed by atoms with van der Waals surface area (Å²) < 4.78 is 4.62. The van der Waals surface area contributed by atoms with Gasteiger partial charge in [-0.1, -0.05) is 6.92 Å². The topological polar surface area (TPSA) is 104 Å². The van der Waals surface area contributed by atoms with Crippen LogP contribution in [-0.2, 0) is 14.3 Å². The van der Waals surface area contributed by atoms with E-state index in [1.54, 1.807) is 6.92 Å². The Balaban J connectivity index is 3.62. The summed E-state index contributed by atoms with van der Waals surface area (Å²) in [5.41, 5.74) is 0. The van der Waals surface area contributed by atoms with E-state index in [-0.39, 0.29) is 19.4 Å². The Morgan fingerprint density at radius 3 is 2.31 bits per heavy atom. The van der Waals surface area contributed by atoms with Crippen LogP contribution in [0.5, 0.6) is 0 Å². The molecule has 0 fully saturated rings. The maximum atomic E-state index is 11.1. The number of hydrogen-bond donors (Lipinski definition) is 3. The molecule has 0 amide bonds. The first kappa shape index (κ1) is 14.9. The number of rotatable bonds is 8. The van der Waals surface area contributed by atoms with Crippen molar-refractivity contribution in [3.8, 4) is 0 Å². The Morgan fingerprint density at radius 2 is 1.81 bits per heavy atom. The Bertz CT molecular complexity index is 227. The van der Waals surface area contributed by atoms with Crippen LogP contribution < -0.4 is 0 Å². The third-order valence-electron chi connectivity index (χ3n) is 2.05. The smallest absolute Gasteiger partial charge is 0.308 e. The first-order valence-corrected chi connectivity index (χ1v) is 5.17. The molecule has 0 aromatic heterocycles. The fourth-order valence-corrected chi connectivity index (χ4v) is 0.945. The average Bonchev–Trinajstić information content (AvgIpc) is 2.22. The minimum atomic E-state index is -1.31. The van der Waals surface area contributed by atoms with Gasteiger partial charge in [-0.2, -0.15) is 0 Å². The summed E-state index contributed by atoms with van der Waals surface area (Å²) in [7, 11) is 0. The minimum absolute atomic E-state index is 0.0167. The normalized spacial score (nSPS) is 14.2. The Kier molecular flexibility index (Phi) is 7.49. The van der Waals surface area contributed by atoms with Gasteiger partial charge in [-0.15, -0.1) is 0 Å². The summed E-state index contributed by atoms with van der Waals surface area (Å²) in [6.45, 7) is 1.27. The highest BCUT2D eigenvalue weighted by Crippen LogP contribution is 2.07. The predicted octanol–water partition coefficient (Wildman–Crippen LogP) is 0.121. The van der Waals surface area contributed by atoms with Gasteiger partial charge in [0, 0.05) is 18.8 Å². The molecule has 0 aliphatic heterocycles. The van der Waals surface area contributed by atoms with E-state index in [1.165, 1.54) is 0 Å². The number of aliphatic hydroxyl groups excluding tert-OH is 2. The largest absolute Gasteiger partial charge is 0.481 e. The van der Waals surface area contributed by atoms with E-state index in [9.17, 15) is 14.7 Å². The SMILES string of the molecule is CC(CO)C(O)OC(=O)CCCCC(=O)O. The number of esters is 1. The van der Waals surface area contributed by atoms with Crippen molar-refractivity contribution in [2.24, 2.45) is 5.92 Å². The fraction of sp³-hybridized carbons (Fsp3) is 0.800. The van der Waals surface area contributed by atoms with Crippen LogP contribution >= 0.6 is 0 Å². The van der Waals surface area contributed by atoms with Gasteiger partial charge < -0.3 is 20.1 Å². The van der Waals surface area contributed by atoms with E-state index in [1.807, 2.05) is 0 Å². The number of carboxylic acid groups (broad SMARTS) is 1. The molecule has 0 heterocycles. The summed E-state index contributed by atoms with van der Waals surface area (Å²) in [5.74, 6) is -2.01. The zero-order valence-corrected chi connectivity index (χ0v) is 9.26. The maximum absolute atomic E-state index is 11.1. The Hall–Kier alpha value is -1.14. The summed E-state index contributed by atoms with van der Waals surface area (Å²) in [5, 5.41) is 26.3. The van der Waals surface area contributed by atoms with Gasteiger partial charge in [0.1, 0.15) is 0 Å². The van der Waals surface area contributed by atoms with Crippen molar-refractivity contribution in [2.45, 2.75) is 38.9 Å². The predicted molar refractivity (Wildman–Crippen MR) is 54.5 cm³/mol. The Labute approximate surface area is 93.8 Å². The molecule has 6 nitrogen and oxygen atoms in total. The standard InChI is InChI=1S/C10H18O6/c1-7(6-11)10(15)16-9(14)5-3-2-4-8(12)13/h7,10-11,15H,2-6H2,1H3,(H,12,13). The molecule has 0 aromatic carbocycles. The molecule has 2 atom stereocenters. The molecule has 0 radical (unpaired) electrons. The van der Waals surface area contributed by atoms with Crippen LogP contribution in [0.2, 0.25) is 0 Å². The Morgan fingerprint density at radius 1 is 1.25 bits per heavy atom.